The minimum absolute atomic E-state index is 0.170. The monoisotopic (exact) mass is 466 g/mol. The molecule has 1 fully saturated rings. The number of ether oxygens (including phenoxy) is 1. The number of imidazole rings is 1. The van der Waals surface area contributed by atoms with Gasteiger partial charge in [0.15, 0.2) is 17.0 Å². The molecule has 176 valence electrons. The molecule has 1 aromatic carbocycles. The zero-order valence-corrected chi connectivity index (χ0v) is 19.7. The van der Waals surface area contributed by atoms with Gasteiger partial charge in [0.1, 0.15) is 5.82 Å². The Kier molecular flexibility index (Phi) is 5.46. The summed E-state index contributed by atoms with van der Waals surface area (Å²) in [6.07, 6.45) is 7.39. The predicted molar refractivity (Wildman–Crippen MR) is 134 cm³/mol. The Morgan fingerprint density at radius 2 is 1.80 bits per heavy atom. The molecule has 5 heterocycles. The van der Waals surface area contributed by atoms with Crippen molar-refractivity contribution in [3.63, 3.8) is 0 Å². The van der Waals surface area contributed by atoms with Gasteiger partial charge in [-0.2, -0.15) is 15.1 Å². The molecule has 0 unspecified atom stereocenters. The number of aryl methyl sites for hydroxylation is 1. The highest BCUT2D eigenvalue weighted by molar-refractivity contribution is 5.88. The lowest BCUT2D eigenvalue weighted by Crippen LogP contribution is -2.44. The second-order valence-electron chi connectivity index (χ2n) is 8.59. The molecule has 0 spiro atoms. The number of nitrogens with zero attached hydrogens (tertiary/aromatic N) is 8. The summed E-state index contributed by atoms with van der Waals surface area (Å²) in [5.41, 5.74) is 4.67. The van der Waals surface area contributed by atoms with Crippen molar-refractivity contribution in [1.82, 2.24) is 34.3 Å². The maximum absolute atomic E-state index is 5.70. The summed E-state index contributed by atoms with van der Waals surface area (Å²) in [5.74, 6) is 2.17. The molecule has 1 aliphatic rings. The lowest BCUT2D eigenvalue weighted by molar-refractivity contribution is 0.0986. The average molecular weight is 467 g/mol. The molecule has 4 aromatic heterocycles. The third-order valence-electron chi connectivity index (χ3n) is 6.35. The number of anilines is 1. The van der Waals surface area contributed by atoms with Crippen LogP contribution in [0.2, 0.25) is 0 Å². The fraction of sp³-hybridized carbons (Fsp3) is 0.269. The number of morpholine rings is 1. The van der Waals surface area contributed by atoms with E-state index in [1.165, 1.54) is 0 Å². The first-order chi connectivity index (χ1) is 17.2. The van der Waals surface area contributed by atoms with E-state index < -0.39 is 0 Å². The number of hydrogen-bond acceptors (Lipinski definition) is 7. The van der Waals surface area contributed by atoms with Gasteiger partial charge in [-0.3, -0.25) is 4.98 Å². The minimum atomic E-state index is 0.170. The third kappa shape index (κ3) is 3.83. The molecule has 0 bridgehead atoms. The first-order valence-electron chi connectivity index (χ1n) is 11.9. The van der Waals surface area contributed by atoms with Crippen molar-refractivity contribution >= 4 is 17.0 Å². The molecule has 0 N–H and O–H groups in total. The van der Waals surface area contributed by atoms with Crippen molar-refractivity contribution in [3.05, 3.63) is 67.3 Å². The maximum Gasteiger partial charge on any atom is 0.254 e. The summed E-state index contributed by atoms with van der Waals surface area (Å²) in [6, 6.07) is 14.3. The fourth-order valence-corrected chi connectivity index (χ4v) is 4.55. The molecule has 1 saturated heterocycles. The van der Waals surface area contributed by atoms with E-state index in [-0.39, 0.29) is 6.04 Å². The summed E-state index contributed by atoms with van der Waals surface area (Å²) in [4.78, 5) is 21.5. The van der Waals surface area contributed by atoms with Gasteiger partial charge in [0.25, 0.3) is 5.95 Å². The first-order valence-corrected chi connectivity index (χ1v) is 11.9. The van der Waals surface area contributed by atoms with E-state index in [1.54, 1.807) is 17.1 Å². The van der Waals surface area contributed by atoms with Crippen molar-refractivity contribution in [2.24, 2.45) is 0 Å². The largest absolute Gasteiger partial charge is 0.377 e. The van der Waals surface area contributed by atoms with Gasteiger partial charge in [-0.1, -0.05) is 30.3 Å². The van der Waals surface area contributed by atoms with Gasteiger partial charge in [0, 0.05) is 42.8 Å². The molecule has 9 nitrogen and oxygen atoms in total. The summed E-state index contributed by atoms with van der Waals surface area (Å²) in [5, 5.41) is 4.61. The van der Waals surface area contributed by atoms with Gasteiger partial charge in [-0.15, -0.1) is 0 Å². The number of aromatic nitrogens is 7. The molecule has 0 aliphatic carbocycles. The molecule has 1 atom stereocenters. The molecule has 0 radical (unpaired) electrons. The van der Waals surface area contributed by atoms with Gasteiger partial charge in [0.2, 0.25) is 0 Å². The maximum atomic E-state index is 5.70. The van der Waals surface area contributed by atoms with Crippen molar-refractivity contribution in [2.45, 2.75) is 26.4 Å². The van der Waals surface area contributed by atoms with Gasteiger partial charge < -0.3 is 14.2 Å². The third-order valence-corrected chi connectivity index (χ3v) is 6.35. The molecule has 1 aliphatic heterocycles. The summed E-state index contributed by atoms with van der Waals surface area (Å²) < 4.78 is 9.57. The molecule has 6 rings (SSSR count). The fourth-order valence-electron chi connectivity index (χ4n) is 4.55. The van der Waals surface area contributed by atoms with Crippen LogP contribution in [-0.4, -0.2) is 60.1 Å². The van der Waals surface area contributed by atoms with E-state index >= 15 is 0 Å². The summed E-state index contributed by atoms with van der Waals surface area (Å²) >= 11 is 0. The molecule has 5 aromatic rings. The SMILES string of the molecule is CCn1c(-c2ccncc2)nc2c(N3CCOC[C@H]3C)nc(-n3cc(-c4ccccc4)cn3)nc21. The van der Waals surface area contributed by atoms with Gasteiger partial charge >= 0.3 is 0 Å². The van der Waals surface area contributed by atoms with Crippen LogP contribution >= 0.6 is 0 Å². The highest BCUT2D eigenvalue weighted by Crippen LogP contribution is 2.31. The lowest BCUT2D eigenvalue weighted by atomic mass is 10.1. The van der Waals surface area contributed by atoms with E-state index in [2.05, 4.69) is 45.5 Å². The standard InChI is InChI=1S/C26H26N8O/c1-3-32-23(20-9-11-27-12-10-20)29-22-24(32)30-26(31-25(22)33-13-14-35-17-18(33)2)34-16-21(15-28-34)19-7-5-4-6-8-19/h4-12,15-16,18H,3,13-14,17H2,1-2H3/t18-/m1/s1. The van der Waals surface area contributed by atoms with Gasteiger partial charge in [-0.05, 0) is 31.5 Å². The van der Waals surface area contributed by atoms with Gasteiger partial charge in [-0.25, -0.2) is 9.67 Å². The van der Waals surface area contributed by atoms with E-state index in [0.29, 0.717) is 19.2 Å². The first kappa shape index (κ1) is 21.4. The highest BCUT2D eigenvalue weighted by atomic mass is 16.5. The van der Waals surface area contributed by atoms with Gasteiger partial charge in [0.05, 0.1) is 25.5 Å². The molecular formula is C26H26N8O. The predicted octanol–water partition coefficient (Wildman–Crippen LogP) is 3.99. The number of pyridine rings is 1. The summed E-state index contributed by atoms with van der Waals surface area (Å²) in [7, 11) is 0. The normalized spacial score (nSPS) is 16.2. The van der Waals surface area contributed by atoms with Crippen LogP contribution in [-0.2, 0) is 11.3 Å². The number of rotatable bonds is 5. The molecule has 0 amide bonds. The second kappa shape index (κ2) is 8.92. The Morgan fingerprint density at radius 3 is 2.57 bits per heavy atom. The molecule has 35 heavy (non-hydrogen) atoms. The lowest BCUT2D eigenvalue weighted by Gasteiger charge is -2.34. The minimum Gasteiger partial charge on any atom is -0.377 e. The Bertz CT molecular complexity index is 1460. The summed E-state index contributed by atoms with van der Waals surface area (Å²) in [6.45, 7) is 7.01. The van der Waals surface area contributed by atoms with E-state index in [9.17, 15) is 0 Å². The van der Waals surface area contributed by atoms with Crippen LogP contribution in [0.25, 0.3) is 39.6 Å². The number of benzene rings is 1. The van der Waals surface area contributed by atoms with Crippen LogP contribution in [0.4, 0.5) is 5.82 Å². The van der Waals surface area contributed by atoms with Crippen LogP contribution in [0.15, 0.2) is 67.3 Å². The quantitative estimate of drug-likeness (QED) is 0.387. The Balaban J connectivity index is 1.55. The van der Waals surface area contributed by atoms with Crippen LogP contribution < -0.4 is 4.90 Å². The van der Waals surface area contributed by atoms with Crippen molar-refractivity contribution < 1.29 is 4.74 Å². The topological polar surface area (TPSA) is 86.8 Å². The van der Waals surface area contributed by atoms with E-state index in [1.807, 2.05) is 42.7 Å². The van der Waals surface area contributed by atoms with E-state index in [4.69, 9.17) is 19.7 Å². The Labute approximate surface area is 203 Å². The van der Waals surface area contributed by atoms with Crippen LogP contribution in [0.1, 0.15) is 13.8 Å². The molecular weight excluding hydrogens is 440 g/mol. The Hall–Kier alpha value is -4.11. The highest BCUT2D eigenvalue weighted by Gasteiger charge is 2.27. The number of fused-ring (bicyclic) bond motifs is 1. The van der Waals surface area contributed by atoms with Crippen molar-refractivity contribution in [2.75, 3.05) is 24.7 Å². The van der Waals surface area contributed by atoms with Crippen molar-refractivity contribution in [1.29, 1.82) is 0 Å². The van der Waals surface area contributed by atoms with Crippen LogP contribution in [0.3, 0.4) is 0 Å². The zero-order chi connectivity index (χ0) is 23.8. The smallest absolute Gasteiger partial charge is 0.254 e. The second-order valence-corrected chi connectivity index (χ2v) is 8.59. The number of hydrogen-bond donors (Lipinski definition) is 0. The van der Waals surface area contributed by atoms with Crippen LogP contribution in [0.5, 0.6) is 0 Å². The molecule has 9 heteroatoms. The zero-order valence-electron chi connectivity index (χ0n) is 19.7. The average Bonchev–Trinajstić information content (AvgIpc) is 3.55. The van der Waals surface area contributed by atoms with E-state index in [0.717, 1.165) is 52.6 Å². The van der Waals surface area contributed by atoms with Crippen molar-refractivity contribution in [3.8, 4) is 28.5 Å². The van der Waals surface area contributed by atoms with Crippen LogP contribution in [0, 0.1) is 0 Å². The Morgan fingerprint density at radius 1 is 0.971 bits per heavy atom. The molecule has 0 saturated carbocycles.